The van der Waals surface area contributed by atoms with Crippen molar-refractivity contribution in [2.24, 2.45) is 0 Å². The lowest BCUT2D eigenvalue weighted by Gasteiger charge is -2.32. The van der Waals surface area contributed by atoms with Crippen molar-refractivity contribution < 1.29 is 33.0 Å². The van der Waals surface area contributed by atoms with Gasteiger partial charge in [0.15, 0.2) is 6.10 Å². The summed E-state index contributed by atoms with van der Waals surface area (Å²) in [6, 6.07) is 13.1. The highest BCUT2D eigenvalue weighted by Gasteiger charge is 2.31. The van der Waals surface area contributed by atoms with Gasteiger partial charge in [0.2, 0.25) is 0 Å². The fraction of sp³-hybridized carbons (Fsp3) is 0.280. The van der Waals surface area contributed by atoms with Crippen molar-refractivity contribution in [3.05, 3.63) is 64.5 Å². The second-order valence-corrected chi connectivity index (χ2v) is 7.78. The molecule has 1 aliphatic rings. The van der Waals surface area contributed by atoms with Crippen molar-refractivity contribution in [2.45, 2.75) is 33.0 Å². The topological polar surface area (TPSA) is 124 Å². The van der Waals surface area contributed by atoms with Crippen LogP contribution in [0.25, 0.3) is 11.0 Å². The third-order valence-corrected chi connectivity index (χ3v) is 5.35. The normalized spacial score (nSPS) is 14.7. The van der Waals surface area contributed by atoms with E-state index in [0.717, 1.165) is 0 Å². The lowest BCUT2D eigenvalue weighted by Crippen LogP contribution is -2.45. The number of fused-ring (bicyclic) bond motifs is 2. The maximum Gasteiger partial charge on any atom is 0.411 e. The minimum absolute atomic E-state index is 0.0419. The molecule has 1 aliphatic heterocycles. The number of amides is 2. The van der Waals surface area contributed by atoms with Gasteiger partial charge in [-0.15, -0.1) is 0 Å². The Morgan fingerprint density at radius 1 is 1.09 bits per heavy atom. The van der Waals surface area contributed by atoms with E-state index in [1.54, 1.807) is 44.2 Å². The number of carbonyl (C=O) groups is 3. The Balaban J connectivity index is 1.42. The van der Waals surface area contributed by atoms with Gasteiger partial charge >= 0.3 is 17.7 Å². The number of carbonyl (C=O) groups excluding carboxylic acids is 3. The average molecular weight is 480 g/mol. The Bertz CT molecular complexity index is 1330. The molecule has 0 saturated carbocycles. The standard InChI is InChI=1S/C25H24N2O8/c1-3-32-25(31)26-17-8-9-18-16(12-23(29)35-21(18)13-17)14-33-22(28)10-11-27-19-6-4-5-7-20(19)34-15(2)24(27)30/h4-9,12-13,15H,3,10-11,14H2,1-2H3,(H,26,31). The Morgan fingerprint density at radius 3 is 2.69 bits per heavy atom. The van der Waals surface area contributed by atoms with E-state index in [2.05, 4.69) is 5.32 Å². The zero-order valence-electron chi connectivity index (χ0n) is 19.2. The molecular formula is C25H24N2O8. The monoisotopic (exact) mass is 480 g/mol. The van der Waals surface area contributed by atoms with Gasteiger partial charge < -0.3 is 23.5 Å². The number of hydrogen-bond donors (Lipinski definition) is 1. The van der Waals surface area contributed by atoms with Crippen LogP contribution in [0.5, 0.6) is 5.75 Å². The van der Waals surface area contributed by atoms with Crippen molar-refractivity contribution in [2.75, 3.05) is 23.4 Å². The van der Waals surface area contributed by atoms with Crippen LogP contribution >= 0.6 is 0 Å². The summed E-state index contributed by atoms with van der Waals surface area (Å²) in [6.07, 6.45) is -1.33. The van der Waals surface area contributed by atoms with Crippen molar-refractivity contribution in [1.29, 1.82) is 0 Å². The average Bonchev–Trinajstić information content (AvgIpc) is 2.82. The van der Waals surface area contributed by atoms with Gasteiger partial charge in [0.1, 0.15) is 17.9 Å². The highest BCUT2D eigenvalue weighted by atomic mass is 16.5. The third-order valence-electron chi connectivity index (χ3n) is 5.35. The Kier molecular flexibility index (Phi) is 7.00. The molecule has 35 heavy (non-hydrogen) atoms. The number of benzene rings is 2. The SMILES string of the molecule is CCOC(=O)Nc1ccc2c(COC(=O)CCN3C(=O)C(C)Oc4ccccc43)cc(=O)oc2c1. The molecule has 2 aromatic carbocycles. The van der Waals surface area contributed by atoms with Gasteiger partial charge in [0.25, 0.3) is 5.91 Å². The molecule has 10 heteroatoms. The number of esters is 1. The minimum atomic E-state index is -0.654. The van der Waals surface area contributed by atoms with Crippen LogP contribution in [0.1, 0.15) is 25.8 Å². The van der Waals surface area contributed by atoms with Crippen LogP contribution in [-0.4, -0.2) is 37.2 Å². The van der Waals surface area contributed by atoms with Crippen molar-refractivity contribution in [3.63, 3.8) is 0 Å². The van der Waals surface area contributed by atoms with E-state index in [0.29, 0.717) is 28.1 Å². The lowest BCUT2D eigenvalue weighted by molar-refractivity contribution is -0.144. The summed E-state index contributed by atoms with van der Waals surface area (Å²) in [7, 11) is 0. The van der Waals surface area contributed by atoms with E-state index in [4.69, 9.17) is 18.6 Å². The first kappa shape index (κ1) is 23.8. The number of rotatable bonds is 7. The van der Waals surface area contributed by atoms with E-state index < -0.39 is 23.8 Å². The minimum Gasteiger partial charge on any atom is -0.479 e. The van der Waals surface area contributed by atoms with Crippen molar-refractivity contribution in [3.8, 4) is 5.75 Å². The van der Waals surface area contributed by atoms with E-state index >= 15 is 0 Å². The number of ether oxygens (including phenoxy) is 3. The third kappa shape index (κ3) is 5.43. The summed E-state index contributed by atoms with van der Waals surface area (Å²) in [5, 5.41) is 3.09. The van der Waals surface area contributed by atoms with E-state index in [1.807, 2.05) is 6.07 Å². The molecule has 0 saturated heterocycles. The predicted octanol–water partition coefficient (Wildman–Crippen LogP) is 3.61. The molecular weight excluding hydrogens is 456 g/mol. The summed E-state index contributed by atoms with van der Waals surface area (Å²) in [6.45, 7) is 3.53. The summed E-state index contributed by atoms with van der Waals surface area (Å²) >= 11 is 0. The summed E-state index contributed by atoms with van der Waals surface area (Å²) < 4.78 is 21.1. The highest BCUT2D eigenvalue weighted by molar-refractivity contribution is 6.00. The molecule has 0 spiro atoms. The van der Waals surface area contributed by atoms with Crippen LogP contribution in [0, 0.1) is 0 Å². The van der Waals surface area contributed by atoms with Crippen LogP contribution in [0.15, 0.2) is 57.7 Å². The van der Waals surface area contributed by atoms with Crippen molar-refractivity contribution >= 4 is 40.3 Å². The number of nitrogens with zero attached hydrogens (tertiary/aromatic N) is 1. The molecule has 182 valence electrons. The molecule has 0 radical (unpaired) electrons. The molecule has 1 atom stereocenters. The van der Waals surface area contributed by atoms with Gasteiger partial charge in [-0.2, -0.15) is 0 Å². The quantitative estimate of drug-likeness (QED) is 0.402. The van der Waals surface area contributed by atoms with Crippen LogP contribution in [0.3, 0.4) is 0 Å². The van der Waals surface area contributed by atoms with Gasteiger partial charge in [-0.1, -0.05) is 12.1 Å². The molecule has 3 aromatic rings. The molecule has 10 nitrogen and oxygen atoms in total. The van der Waals surface area contributed by atoms with E-state index in [9.17, 15) is 19.2 Å². The molecule has 2 amide bonds. The molecule has 1 unspecified atom stereocenters. The number of nitrogens with one attached hydrogen (secondary N) is 1. The first-order valence-electron chi connectivity index (χ1n) is 11.1. The Morgan fingerprint density at radius 2 is 1.89 bits per heavy atom. The lowest BCUT2D eigenvalue weighted by atomic mass is 10.1. The van der Waals surface area contributed by atoms with Gasteiger partial charge in [0.05, 0.1) is 18.7 Å². The van der Waals surface area contributed by atoms with Crippen molar-refractivity contribution in [1.82, 2.24) is 0 Å². The van der Waals surface area contributed by atoms with Crippen LogP contribution in [-0.2, 0) is 25.7 Å². The van der Waals surface area contributed by atoms with E-state index in [1.165, 1.54) is 17.0 Å². The second kappa shape index (κ2) is 10.3. The number of para-hydroxylation sites is 2. The molecule has 0 bridgehead atoms. The van der Waals surface area contributed by atoms with Crippen LogP contribution in [0.2, 0.25) is 0 Å². The smallest absolute Gasteiger partial charge is 0.411 e. The molecule has 0 fully saturated rings. The predicted molar refractivity (Wildman–Crippen MR) is 126 cm³/mol. The molecule has 1 aromatic heterocycles. The molecule has 1 N–H and O–H groups in total. The summed E-state index contributed by atoms with van der Waals surface area (Å²) in [5.41, 5.74) is 1.04. The fourth-order valence-electron chi connectivity index (χ4n) is 3.74. The Hall–Kier alpha value is -4.34. The molecule has 4 rings (SSSR count). The maximum atomic E-state index is 12.6. The largest absolute Gasteiger partial charge is 0.479 e. The van der Waals surface area contributed by atoms with Gasteiger partial charge in [-0.05, 0) is 38.1 Å². The van der Waals surface area contributed by atoms with Gasteiger partial charge in [-0.25, -0.2) is 9.59 Å². The molecule has 0 aliphatic carbocycles. The van der Waals surface area contributed by atoms with Gasteiger partial charge in [0, 0.05) is 35.3 Å². The maximum absolute atomic E-state index is 12.6. The summed E-state index contributed by atoms with van der Waals surface area (Å²) in [5.74, 6) is -0.195. The van der Waals surface area contributed by atoms with Crippen LogP contribution < -0.4 is 20.6 Å². The second-order valence-electron chi connectivity index (χ2n) is 7.78. The van der Waals surface area contributed by atoms with Gasteiger partial charge in [-0.3, -0.25) is 14.9 Å². The molecule has 2 heterocycles. The first-order chi connectivity index (χ1) is 16.9. The first-order valence-corrected chi connectivity index (χ1v) is 11.1. The van der Waals surface area contributed by atoms with E-state index in [-0.39, 0.29) is 37.7 Å². The number of anilines is 2. The zero-order chi connectivity index (χ0) is 24.9. The fourth-order valence-corrected chi connectivity index (χ4v) is 3.74. The Labute approximate surface area is 200 Å². The number of hydrogen-bond acceptors (Lipinski definition) is 8. The zero-order valence-corrected chi connectivity index (χ0v) is 19.2. The summed E-state index contributed by atoms with van der Waals surface area (Å²) in [4.78, 5) is 50.2. The highest BCUT2D eigenvalue weighted by Crippen LogP contribution is 2.33. The van der Waals surface area contributed by atoms with Crippen LogP contribution in [0.4, 0.5) is 16.2 Å².